The second-order valence-electron chi connectivity index (χ2n) is 4.45. The molecule has 1 N–H and O–H groups in total. The smallest absolute Gasteiger partial charge is 0.336 e. The number of benzene rings is 1. The summed E-state index contributed by atoms with van der Waals surface area (Å²) in [7, 11) is 0. The van der Waals surface area contributed by atoms with Crippen molar-refractivity contribution >= 4 is 17.5 Å². The van der Waals surface area contributed by atoms with Gasteiger partial charge in [0.1, 0.15) is 4.88 Å². The van der Waals surface area contributed by atoms with Gasteiger partial charge in [-0.15, -0.1) is 15.3 Å². The number of carboxylic acid groups (broad SMARTS) is 1. The van der Waals surface area contributed by atoms with Crippen LogP contribution in [0.3, 0.4) is 0 Å². The Morgan fingerprint density at radius 1 is 1.19 bits per heavy atom. The Morgan fingerprint density at radius 2 is 1.90 bits per heavy atom. The number of aryl methyl sites for hydroxylation is 2. The standard InChI is InChI=1S/C13H10N4O3S/c1-6-3-4-7(2)10(13(18)19)9(6)12-16-15-11(20-12)8-5-14-17-21-8/h3-5H,1-2H3,(H,18,19). The molecular weight excluding hydrogens is 292 g/mol. The SMILES string of the molecule is Cc1ccc(C)c(-c2nnc(-c3cnns3)o2)c1C(=O)O. The highest BCUT2D eigenvalue weighted by Gasteiger charge is 2.22. The molecule has 0 aliphatic heterocycles. The van der Waals surface area contributed by atoms with Crippen molar-refractivity contribution < 1.29 is 14.3 Å². The lowest BCUT2D eigenvalue weighted by atomic mass is 9.97. The first-order valence-corrected chi connectivity index (χ1v) is 6.80. The van der Waals surface area contributed by atoms with Crippen LogP contribution in [0.5, 0.6) is 0 Å². The summed E-state index contributed by atoms with van der Waals surface area (Å²) in [6, 6.07) is 3.59. The van der Waals surface area contributed by atoms with E-state index in [9.17, 15) is 9.90 Å². The van der Waals surface area contributed by atoms with E-state index in [2.05, 4.69) is 19.8 Å². The minimum absolute atomic E-state index is 0.174. The Kier molecular flexibility index (Phi) is 3.22. The fraction of sp³-hybridized carbons (Fsp3) is 0.154. The van der Waals surface area contributed by atoms with Gasteiger partial charge in [0, 0.05) is 0 Å². The Hall–Kier alpha value is -2.61. The molecule has 0 aliphatic carbocycles. The molecule has 1 aromatic carbocycles. The molecule has 0 bridgehead atoms. The summed E-state index contributed by atoms with van der Waals surface area (Å²) in [5.74, 6) is -0.570. The van der Waals surface area contributed by atoms with E-state index in [1.807, 2.05) is 6.07 Å². The zero-order valence-corrected chi connectivity index (χ0v) is 12.0. The molecule has 0 atom stereocenters. The maximum atomic E-state index is 11.5. The van der Waals surface area contributed by atoms with Crippen LogP contribution in [0, 0.1) is 13.8 Å². The fourth-order valence-corrected chi connectivity index (χ4v) is 2.48. The normalized spacial score (nSPS) is 10.8. The molecule has 8 heteroatoms. The molecule has 0 fully saturated rings. The predicted octanol–water partition coefficient (Wildman–Crippen LogP) is 2.57. The molecule has 7 nitrogen and oxygen atoms in total. The summed E-state index contributed by atoms with van der Waals surface area (Å²) in [5.41, 5.74) is 2.02. The monoisotopic (exact) mass is 302 g/mol. The van der Waals surface area contributed by atoms with Crippen LogP contribution >= 0.6 is 11.5 Å². The fourth-order valence-electron chi connectivity index (χ4n) is 2.05. The second-order valence-corrected chi connectivity index (χ2v) is 5.23. The van der Waals surface area contributed by atoms with Crippen LogP contribution in [0.15, 0.2) is 22.7 Å². The van der Waals surface area contributed by atoms with Crippen molar-refractivity contribution in [3.05, 3.63) is 35.0 Å². The number of rotatable bonds is 3. The first kappa shape index (κ1) is 13.4. The Labute approximate surface area is 123 Å². The number of aromatic carboxylic acids is 1. The average Bonchev–Trinajstić information content (AvgIpc) is 3.10. The Balaban J connectivity index is 2.17. The van der Waals surface area contributed by atoms with Gasteiger partial charge in [-0.25, -0.2) is 4.79 Å². The van der Waals surface area contributed by atoms with Crippen LogP contribution in [0.1, 0.15) is 21.5 Å². The first-order chi connectivity index (χ1) is 10.1. The molecule has 2 heterocycles. The van der Waals surface area contributed by atoms with Gasteiger partial charge in [-0.3, -0.25) is 0 Å². The molecule has 2 aromatic heterocycles. The van der Waals surface area contributed by atoms with E-state index in [0.717, 1.165) is 17.1 Å². The van der Waals surface area contributed by atoms with Crippen molar-refractivity contribution in [1.29, 1.82) is 0 Å². The van der Waals surface area contributed by atoms with Crippen LogP contribution in [0.25, 0.3) is 22.2 Å². The minimum Gasteiger partial charge on any atom is -0.478 e. The number of hydrogen-bond acceptors (Lipinski definition) is 7. The van der Waals surface area contributed by atoms with Crippen LogP contribution in [0.4, 0.5) is 0 Å². The summed E-state index contributed by atoms with van der Waals surface area (Å²) in [6.45, 7) is 3.54. The number of hydrogen-bond donors (Lipinski definition) is 1. The van der Waals surface area contributed by atoms with Gasteiger partial charge in [0.2, 0.25) is 5.89 Å². The molecule has 3 rings (SSSR count). The quantitative estimate of drug-likeness (QED) is 0.793. The molecule has 0 unspecified atom stereocenters. The average molecular weight is 302 g/mol. The third kappa shape index (κ3) is 2.29. The highest BCUT2D eigenvalue weighted by molar-refractivity contribution is 7.09. The topological polar surface area (TPSA) is 102 Å². The van der Waals surface area contributed by atoms with Crippen molar-refractivity contribution in [3.63, 3.8) is 0 Å². The zero-order chi connectivity index (χ0) is 15.0. The molecule has 21 heavy (non-hydrogen) atoms. The third-order valence-corrected chi connectivity index (χ3v) is 3.70. The van der Waals surface area contributed by atoms with E-state index >= 15 is 0 Å². The molecule has 0 amide bonds. The van der Waals surface area contributed by atoms with Crippen LogP contribution in [-0.4, -0.2) is 30.9 Å². The largest absolute Gasteiger partial charge is 0.478 e. The summed E-state index contributed by atoms with van der Waals surface area (Å²) in [5, 5.41) is 21.0. The van der Waals surface area contributed by atoms with Crippen molar-refractivity contribution in [2.24, 2.45) is 0 Å². The van der Waals surface area contributed by atoms with Gasteiger partial charge in [-0.2, -0.15) is 0 Å². The molecular formula is C13H10N4O3S. The van der Waals surface area contributed by atoms with Gasteiger partial charge in [-0.05, 0) is 36.5 Å². The van der Waals surface area contributed by atoms with Crippen molar-refractivity contribution in [3.8, 4) is 22.2 Å². The van der Waals surface area contributed by atoms with Crippen molar-refractivity contribution in [2.75, 3.05) is 0 Å². The predicted molar refractivity (Wildman–Crippen MR) is 75.1 cm³/mol. The number of carbonyl (C=O) groups is 1. The molecule has 0 spiro atoms. The number of nitrogens with zero attached hydrogens (tertiary/aromatic N) is 4. The number of aromatic nitrogens is 4. The van der Waals surface area contributed by atoms with Gasteiger partial charge in [0.25, 0.3) is 5.89 Å². The van der Waals surface area contributed by atoms with E-state index in [1.165, 1.54) is 6.20 Å². The van der Waals surface area contributed by atoms with Gasteiger partial charge < -0.3 is 9.52 Å². The summed E-state index contributed by atoms with van der Waals surface area (Å²) >= 11 is 1.13. The van der Waals surface area contributed by atoms with E-state index in [0.29, 0.717) is 16.0 Å². The molecule has 3 aromatic rings. The van der Waals surface area contributed by atoms with Crippen LogP contribution in [-0.2, 0) is 0 Å². The second kappa shape index (κ2) is 5.06. The maximum absolute atomic E-state index is 11.5. The Morgan fingerprint density at radius 3 is 2.57 bits per heavy atom. The van der Waals surface area contributed by atoms with Gasteiger partial charge in [0.15, 0.2) is 0 Å². The molecule has 106 valence electrons. The summed E-state index contributed by atoms with van der Waals surface area (Å²) in [6.07, 6.45) is 1.52. The van der Waals surface area contributed by atoms with E-state index in [1.54, 1.807) is 19.9 Å². The molecule has 0 saturated heterocycles. The van der Waals surface area contributed by atoms with Crippen molar-refractivity contribution in [1.82, 2.24) is 19.8 Å². The first-order valence-electron chi connectivity index (χ1n) is 6.03. The molecule has 0 saturated carbocycles. The van der Waals surface area contributed by atoms with E-state index in [-0.39, 0.29) is 17.3 Å². The highest BCUT2D eigenvalue weighted by atomic mass is 32.1. The van der Waals surface area contributed by atoms with E-state index < -0.39 is 5.97 Å². The number of carboxylic acids is 1. The highest BCUT2D eigenvalue weighted by Crippen LogP contribution is 2.31. The molecule has 0 aliphatic rings. The Bertz CT molecular complexity index is 811. The lowest BCUT2D eigenvalue weighted by molar-refractivity contribution is 0.0696. The lowest BCUT2D eigenvalue weighted by Gasteiger charge is -2.08. The van der Waals surface area contributed by atoms with Crippen LogP contribution in [0.2, 0.25) is 0 Å². The van der Waals surface area contributed by atoms with Crippen LogP contribution < -0.4 is 0 Å². The van der Waals surface area contributed by atoms with Crippen molar-refractivity contribution in [2.45, 2.75) is 13.8 Å². The van der Waals surface area contributed by atoms with Gasteiger partial charge in [-0.1, -0.05) is 16.6 Å². The maximum Gasteiger partial charge on any atom is 0.336 e. The van der Waals surface area contributed by atoms with Gasteiger partial charge in [0.05, 0.1) is 17.3 Å². The minimum atomic E-state index is -1.02. The summed E-state index contributed by atoms with van der Waals surface area (Å²) < 4.78 is 9.31. The van der Waals surface area contributed by atoms with E-state index in [4.69, 9.17) is 4.42 Å². The summed E-state index contributed by atoms with van der Waals surface area (Å²) in [4.78, 5) is 12.1. The lowest BCUT2D eigenvalue weighted by Crippen LogP contribution is -2.04. The van der Waals surface area contributed by atoms with Gasteiger partial charge >= 0.3 is 5.97 Å². The molecule has 0 radical (unpaired) electrons. The third-order valence-electron chi connectivity index (χ3n) is 3.05. The zero-order valence-electron chi connectivity index (χ0n) is 11.2.